The Hall–Kier alpha value is -2.11. The van der Waals surface area contributed by atoms with E-state index in [0.29, 0.717) is 5.69 Å². The van der Waals surface area contributed by atoms with Crippen LogP contribution in [-0.2, 0) is 0 Å². The molecule has 0 spiro atoms. The summed E-state index contributed by atoms with van der Waals surface area (Å²) in [6.07, 6.45) is 4.35. The fourth-order valence-electron chi connectivity index (χ4n) is 1.95. The molecule has 1 amide bonds. The number of carbonyl (C=O) groups excluding carboxylic acids is 1. The Balaban J connectivity index is 2.08. The fraction of sp³-hybridized carbons (Fsp3) is 0.500. The number of aromatic nitrogens is 4. The molecule has 2 aromatic heterocycles. The van der Waals surface area contributed by atoms with Crippen molar-refractivity contribution in [2.24, 2.45) is 0 Å². The molecule has 20 heavy (non-hydrogen) atoms. The summed E-state index contributed by atoms with van der Waals surface area (Å²) >= 11 is 0. The lowest BCUT2D eigenvalue weighted by molar-refractivity contribution is 0.0927. The molecule has 0 fully saturated rings. The molecule has 0 bridgehead atoms. The van der Waals surface area contributed by atoms with Crippen molar-refractivity contribution in [3.8, 4) is 0 Å². The van der Waals surface area contributed by atoms with E-state index in [9.17, 15) is 4.79 Å². The number of imidazole rings is 1. The predicted molar refractivity (Wildman–Crippen MR) is 76.4 cm³/mol. The van der Waals surface area contributed by atoms with Gasteiger partial charge in [0.05, 0.1) is 6.04 Å². The van der Waals surface area contributed by atoms with Gasteiger partial charge in [-0.2, -0.15) is 5.10 Å². The van der Waals surface area contributed by atoms with E-state index in [2.05, 4.69) is 20.4 Å². The van der Waals surface area contributed by atoms with Crippen LogP contribution < -0.4 is 5.32 Å². The Morgan fingerprint density at radius 3 is 2.75 bits per heavy atom. The maximum absolute atomic E-state index is 12.2. The average Bonchev–Trinajstić information content (AvgIpc) is 3.04. The van der Waals surface area contributed by atoms with Crippen LogP contribution in [0.1, 0.15) is 61.3 Å². The van der Waals surface area contributed by atoms with Gasteiger partial charge in [0, 0.05) is 24.1 Å². The first-order valence-electron chi connectivity index (χ1n) is 6.88. The highest BCUT2D eigenvalue weighted by Crippen LogP contribution is 2.14. The zero-order chi connectivity index (χ0) is 14.7. The van der Waals surface area contributed by atoms with Crippen molar-refractivity contribution in [1.29, 1.82) is 0 Å². The Morgan fingerprint density at radius 2 is 2.25 bits per heavy atom. The third kappa shape index (κ3) is 3.07. The summed E-state index contributed by atoms with van der Waals surface area (Å²) in [5.74, 6) is 0.604. The summed E-state index contributed by atoms with van der Waals surface area (Å²) in [4.78, 5) is 19.6. The molecule has 6 heteroatoms. The molecule has 2 rings (SSSR count). The lowest BCUT2D eigenvalue weighted by atomic mass is 10.2. The largest absolute Gasteiger partial charge is 0.344 e. The SMILES string of the molecule is CC[C@@H](NC(=O)c1ccn(C(C)C)n1)c1ncc(C)[nH]1. The maximum atomic E-state index is 12.2. The highest BCUT2D eigenvalue weighted by Gasteiger charge is 2.18. The van der Waals surface area contributed by atoms with Gasteiger partial charge in [-0.15, -0.1) is 0 Å². The Labute approximate surface area is 118 Å². The summed E-state index contributed by atoms with van der Waals surface area (Å²) in [6.45, 7) is 8.00. The summed E-state index contributed by atoms with van der Waals surface area (Å²) in [5.41, 5.74) is 1.41. The van der Waals surface area contributed by atoms with Gasteiger partial charge in [0.1, 0.15) is 11.5 Å². The molecular weight excluding hydrogens is 254 g/mol. The van der Waals surface area contributed by atoms with Crippen LogP contribution >= 0.6 is 0 Å². The van der Waals surface area contributed by atoms with Crippen LogP contribution in [0.4, 0.5) is 0 Å². The molecule has 1 atom stereocenters. The van der Waals surface area contributed by atoms with E-state index in [4.69, 9.17) is 0 Å². The molecular formula is C14H21N5O. The van der Waals surface area contributed by atoms with Crippen molar-refractivity contribution in [3.05, 3.63) is 35.7 Å². The number of carbonyl (C=O) groups is 1. The Morgan fingerprint density at radius 1 is 1.50 bits per heavy atom. The zero-order valence-electron chi connectivity index (χ0n) is 12.3. The number of nitrogens with one attached hydrogen (secondary N) is 2. The third-order valence-electron chi connectivity index (χ3n) is 3.14. The van der Waals surface area contributed by atoms with Crippen molar-refractivity contribution >= 4 is 5.91 Å². The second-order valence-electron chi connectivity index (χ2n) is 5.16. The van der Waals surface area contributed by atoms with Gasteiger partial charge in [-0.3, -0.25) is 9.48 Å². The molecule has 0 aliphatic rings. The molecule has 2 aromatic rings. The van der Waals surface area contributed by atoms with E-state index < -0.39 is 0 Å². The lowest BCUT2D eigenvalue weighted by Crippen LogP contribution is -2.29. The van der Waals surface area contributed by atoms with Crippen molar-refractivity contribution < 1.29 is 4.79 Å². The maximum Gasteiger partial charge on any atom is 0.272 e. The smallest absolute Gasteiger partial charge is 0.272 e. The minimum Gasteiger partial charge on any atom is -0.344 e. The predicted octanol–water partition coefficient (Wildman–Crippen LogP) is 2.38. The molecule has 2 heterocycles. The van der Waals surface area contributed by atoms with Gasteiger partial charge in [0.2, 0.25) is 0 Å². The van der Waals surface area contributed by atoms with Crippen molar-refractivity contribution in [2.75, 3.05) is 0 Å². The molecule has 0 saturated heterocycles. The zero-order valence-corrected chi connectivity index (χ0v) is 12.3. The summed E-state index contributed by atoms with van der Waals surface area (Å²) in [6, 6.07) is 1.85. The number of aryl methyl sites for hydroxylation is 1. The highest BCUT2D eigenvalue weighted by molar-refractivity contribution is 5.92. The van der Waals surface area contributed by atoms with Gasteiger partial charge in [-0.05, 0) is 33.3 Å². The van der Waals surface area contributed by atoms with E-state index in [1.807, 2.05) is 33.9 Å². The molecule has 108 valence electrons. The fourth-order valence-corrected chi connectivity index (χ4v) is 1.95. The van der Waals surface area contributed by atoms with E-state index in [0.717, 1.165) is 17.9 Å². The van der Waals surface area contributed by atoms with Crippen LogP contribution in [0, 0.1) is 6.92 Å². The Kier molecular flexibility index (Phi) is 4.22. The van der Waals surface area contributed by atoms with Crippen molar-refractivity contribution in [1.82, 2.24) is 25.1 Å². The molecule has 0 unspecified atom stereocenters. The Bertz CT molecular complexity index is 584. The number of hydrogen-bond donors (Lipinski definition) is 2. The molecule has 6 nitrogen and oxygen atoms in total. The molecule has 2 N–H and O–H groups in total. The van der Waals surface area contributed by atoms with Crippen molar-refractivity contribution in [3.63, 3.8) is 0 Å². The minimum absolute atomic E-state index is 0.125. The van der Waals surface area contributed by atoms with Crippen LogP contribution in [0.15, 0.2) is 18.5 Å². The van der Waals surface area contributed by atoms with Crippen LogP contribution in [-0.4, -0.2) is 25.7 Å². The lowest BCUT2D eigenvalue weighted by Gasteiger charge is -2.13. The first-order valence-corrected chi connectivity index (χ1v) is 6.88. The number of H-pyrrole nitrogens is 1. The summed E-state index contributed by atoms with van der Waals surface area (Å²) < 4.78 is 1.77. The first kappa shape index (κ1) is 14.3. The van der Waals surface area contributed by atoms with Gasteiger partial charge in [-0.1, -0.05) is 6.92 Å². The van der Waals surface area contributed by atoms with E-state index in [1.54, 1.807) is 16.9 Å². The van der Waals surface area contributed by atoms with Gasteiger partial charge >= 0.3 is 0 Å². The van der Waals surface area contributed by atoms with Crippen molar-refractivity contribution in [2.45, 2.75) is 46.2 Å². The first-order chi connectivity index (χ1) is 9.51. The number of hydrogen-bond acceptors (Lipinski definition) is 3. The second-order valence-corrected chi connectivity index (χ2v) is 5.16. The van der Waals surface area contributed by atoms with E-state index in [-0.39, 0.29) is 18.0 Å². The minimum atomic E-state index is -0.176. The molecule has 0 saturated carbocycles. The van der Waals surface area contributed by atoms with Crippen LogP contribution in [0.2, 0.25) is 0 Å². The van der Waals surface area contributed by atoms with E-state index >= 15 is 0 Å². The number of aromatic amines is 1. The number of rotatable bonds is 5. The van der Waals surface area contributed by atoms with Crippen LogP contribution in [0.3, 0.4) is 0 Å². The molecule has 0 aromatic carbocycles. The quantitative estimate of drug-likeness (QED) is 0.879. The van der Waals surface area contributed by atoms with Gasteiger partial charge < -0.3 is 10.3 Å². The van der Waals surface area contributed by atoms with Crippen LogP contribution in [0.5, 0.6) is 0 Å². The van der Waals surface area contributed by atoms with E-state index in [1.165, 1.54) is 0 Å². The van der Waals surface area contributed by atoms with Gasteiger partial charge in [0.25, 0.3) is 5.91 Å². The number of amides is 1. The summed E-state index contributed by atoms with van der Waals surface area (Å²) in [7, 11) is 0. The normalized spacial score (nSPS) is 12.7. The van der Waals surface area contributed by atoms with Gasteiger partial charge in [0.15, 0.2) is 0 Å². The average molecular weight is 275 g/mol. The molecule has 0 aliphatic heterocycles. The standard InChI is InChI=1S/C14H21N5O/c1-5-11(13-15-8-10(4)16-13)17-14(20)12-6-7-19(18-12)9(2)3/h6-9,11H,5H2,1-4H3,(H,15,16)(H,17,20)/t11-/m1/s1. The van der Waals surface area contributed by atoms with Crippen LogP contribution in [0.25, 0.3) is 0 Å². The molecule has 0 radical (unpaired) electrons. The third-order valence-corrected chi connectivity index (χ3v) is 3.14. The topological polar surface area (TPSA) is 75.6 Å². The van der Waals surface area contributed by atoms with Gasteiger partial charge in [-0.25, -0.2) is 4.98 Å². The molecule has 0 aliphatic carbocycles. The highest BCUT2D eigenvalue weighted by atomic mass is 16.2. The number of nitrogens with zero attached hydrogens (tertiary/aromatic N) is 3. The second kappa shape index (κ2) is 5.90. The summed E-state index contributed by atoms with van der Waals surface area (Å²) in [5, 5.41) is 7.23. The monoisotopic (exact) mass is 275 g/mol.